The summed E-state index contributed by atoms with van der Waals surface area (Å²) in [4.78, 5) is 15.0. The molecule has 0 aliphatic carbocycles. The molecular formula is C10H13N3O2. The summed E-state index contributed by atoms with van der Waals surface area (Å²) in [6, 6.07) is 3.54. The third-order valence-electron chi connectivity index (χ3n) is 2.36. The first-order chi connectivity index (χ1) is 7.24. The second-order valence-electron chi connectivity index (χ2n) is 3.59. The third kappa shape index (κ3) is 2.66. The van der Waals surface area contributed by atoms with Gasteiger partial charge < -0.3 is 15.7 Å². The van der Waals surface area contributed by atoms with E-state index in [4.69, 9.17) is 5.11 Å². The molecule has 1 fully saturated rings. The van der Waals surface area contributed by atoms with Gasteiger partial charge in [0.1, 0.15) is 5.75 Å². The first-order valence-electron chi connectivity index (χ1n) is 4.88. The van der Waals surface area contributed by atoms with Crippen LogP contribution >= 0.6 is 0 Å². The van der Waals surface area contributed by atoms with Gasteiger partial charge in [0.05, 0.1) is 11.9 Å². The summed E-state index contributed by atoms with van der Waals surface area (Å²) in [5.74, 6) is 0.252. The average molecular weight is 207 g/mol. The molecule has 0 saturated carbocycles. The summed E-state index contributed by atoms with van der Waals surface area (Å²) in [7, 11) is 0. The van der Waals surface area contributed by atoms with Crippen molar-refractivity contribution in [1.82, 2.24) is 15.6 Å². The molecule has 3 N–H and O–H groups in total. The van der Waals surface area contributed by atoms with E-state index in [9.17, 15) is 4.79 Å². The first-order valence-corrected chi connectivity index (χ1v) is 4.88. The van der Waals surface area contributed by atoms with E-state index in [0.717, 1.165) is 5.69 Å². The van der Waals surface area contributed by atoms with Crippen molar-refractivity contribution in [2.75, 3.05) is 6.54 Å². The van der Waals surface area contributed by atoms with Crippen molar-refractivity contribution in [2.45, 2.75) is 19.0 Å². The summed E-state index contributed by atoms with van der Waals surface area (Å²) < 4.78 is 0. The number of aromatic hydroxyl groups is 1. The Hall–Kier alpha value is -1.62. The Morgan fingerprint density at radius 3 is 3.07 bits per heavy atom. The fourth-order valence-corrected chi connectivity index (χ4v) is 1.52. The third-order valence-corrected chi connectivity index (χ3v) is 2.36. The molecule has 1 aliphatic rings. The van der Waals surface area contributed by atoms with Crippen LogP contribution in [0.15, 0.2) is 18.3 Å². The van der Waals surface area contributed by atoms with Crippen LogP contribution in [0, 0.1) is 0 Å². The number of aromatic nitrogens is 1. The number of rotatable bonds is 3. The number of nitrogens with zero attached hydrogens (tertiary/aromatic N) is 1. The predicted octanol–water partition coefficient (Wildman–Crippen LogP) is -0.235. The minimum atomic E-state index is 0.0890. The molecule has 5 nitrogen and oxygen atoms in total. The van der Waals surface area contributed by atoms with Crippen LogP contribution in [-0.4, -0.2) is 28.6 Å². The van der Waals surface area contributed by atoms with E-state index in [1.165, 1.54) is 6.20 Å². The Bertz CT molecular complexity index is 350. The van der Waals surface area contributed by atoms with Gasteiger partial charge in [-0.05, 0) is 12.1 Å². The van der Waals surface area contributed by atoms with E-state index in [0.29, 0.717) is 19.5 Å². The van der Waals surface area contributed by atoms with Gasteiger partial charge >= 0.3 is 0 Å². The van der Waals surface area contributed by atoms with Crippen molar-refractivity contribution in [3.63, 3.8) is 0 Å². The van der Waals surface area contributed by atoms with E-state index >= 15 is 0 Å². The van der Waals surface area contributed by atoms with Gasteiger partial charge in [-0.1, -0.05) is 0 Å². The Kier molecular flexibility index (Phi) is 2.82. The molecule has 0 aromatic carbocycles. The molecule has 1 unspecified atom stereocenters. The van der Waals surface area contributed by atoms with Gasteiger partial charge in [-0.2, -0.15) is 0 Å². The van der Waals surface area contributed by atoms with E-state index < -0.39 is 0 Å². The number of hydrogen-bond donors (Lipinski definition) is 3. The van der Waals surface area contributed by atoms with Crippen LogP contribution in [-0.2, 0) is 11.3 Å². The van der Waals surface area contributed by atoms with Gasteiger partial charge in [-0.25, -0.2) is 0 Å². The van der Waals surface area contributed by atoms with Crippen molar-refractivity contribution in [3.05, 3.63) is 24.0 Å². The molecule has 2 heterocycles. The molecule has 1 aromatic rings. The fourth-order valence-electron chi connectivity index (χ4n) is 1.52. The van der Waals surface area contributed by atoms with Crippen LogP contribution in [0.2, 0.25) is 0 Å². The molecule has 15 heavy (non-hydrogen) atoms. The minimum Gasteiger partial charge on any atom is -0.506 e. The Morgan fingerprint density at radius 2 is 2.47 bits per heavy atom. The molecule has 0 bridgehead atoms. The van der Waals surface area contributed by atoms with Crippen molar-refractivity contribution in [2.24, 2.45) is 0 Å². The van der Waals surface area contributed by atoms with Gasteiger partial charge in [-0.3, -0.25) is 9.78 Å². The molecule has 0 spiro atoms. The number of nitrogens with one attached hydrogen (secondary N) is 2. The second kappa shape index (κ2) is 4.27. The van der Waals surface area contributed by atoms with Gasteiger partial charge in [-0.15, -0.1) is 0 Å². The number of amides is 1. The number of pyridine rings is 1. The van der Waals surface area contributed by atoms with Crippen molar-refractivity contribution in [3.8, 4) is 5.75 Å². The highest BCUT2D eigenvalue weighted by atomic mass is 16.3. The largest absolute Gasteiger partial charge is 0.506 e. The summed E-state index contributed by atoms with van der Waals surface area (Å²) in [6.45, 7) is 1.29. The summed E-state index contributed by atoms with van der Waals surface area (Å²) in [6.07, 6.45) is 1.94. The molecule has 0 radical (unpaired) electrons. The molecule has 5 heteroatoms. The van der Waals surface area contributed by atoms with Gasteiger partial charge in [0.2, 0.25) is 5.91 Å². The molecule has 1 aromatic heterocycles. The fraction of sp³-hybridized carbons (Fsp3) is 0.400. The summed E-state index contributed by atoms with van der Waals surface area (Å²) in [5.41, 5.74) is 0.854. The van der Waals surface area contributed by atoms with E-state index in [1.807, 2.05) is 0 Å². The lowest BCUT2D eigenvalue weighted by molar-refractivity contribution is -0.119. The number of carbonyl (C=O) groups excluding carboxylic acids is 1. The first kappa shape index (κ1) is 9.92. The van der Waals surface area contributed by atoms with E-state index in [1.54, 1.807) is 12.1 Å². The van der Waals surface area contributed by atoms with Gasteiger partial charge in [0, 0.05) is 25.6 Å². The maximum atomic E-state index is 10.9. The van der Waals surface area contributed by atoms with E-state index in [-0.39, 0.29) is 17.7 Å². The highest BCUT2D eigenvalue weighted by Gasteiger charge is 2.20. The average Bonchev–Trinajstić information content (AvgIpc) is 2.64. The zero-order valence-electron chi connectivity index (χ0n) is 8.23. The molecule has 1 aliphatic heterocycles. The highest BCUT2D eigenvalue weighted by Crippen LogP contribution is 2.06. The van der Waals surface area contributed by atoms with Crippen LogP contribution in [0.5, 0.6) is 5.75 Å². The quantitative estimate of drug-likeness (QED) is 0.640. The molecule has 80 valence electrons. The standard InChI is InChI=1S/C10H13N3O2/c14-9-2-1-7(12-6-9)4-11-8-3-10(15)13-5-8/h1-2,6,8,11,14H,3-5H2,(H,13,15). The zero-order valence-corrected chi connectivity index (χ0v) is 8.23. The predicted molar refractivity (Wildman–Crippen MR) is 54.2 cm³/mol. The molecule has 1 saturated heterocycles. The Labute approximate surface area is 87.5 Å². The normalized spacial score (nSPS) is 20.3. The van der Waals surface area contributed by atoms with Crippen molar-refractivity contribution in [1.29, 1.82) is 0 Å². The van der Waals surface area contributed by atoms with Crippen molar-refractivity contribution >= 4 is 5.91 Å². The zero-order chi connectivity index (χ0) is 10.7. The Balaban J connectivity index is 1.83. The lowest BCUT2D eigenvalue weighted by Gasteiger charge is -2.09. The summed E-state index contributed by atoms with van der Waals surface area (Å²) in [5, 5.41) is 15.0. The lowest BCUT2D eigenvalue weighted by atomic mass is 10.2. The number of hydrogen-bond acceptors (Lipinski definition) is 4. The topological polar surface area (TPSA) is 74.2 Å². The summed E-state index contributed by atoms with van der Waals surface area (Å²) >= 11 is 0. The van der Waals surface area contributed by atoms with Crippen LogP contribution in [0.1, 0.15) is 12.1 Å². The van der Waals surface area contributed by atoms with Gasteiger partial charge in [0.25, 0.3) is 0 Å². The highest BCUT2D eigenvalue weighted by molar-refractivity contribution is 5.78. The maximum absolute atomic E-state index is 10.9. The Morgan fingerprint density at radius 1 is 1.60 bits per heavy atom. The van der Waals surface area contributed by atoms with Crippen molar-refractivity contribution < 1.29 is 9.90 Å². The van der Waals surface area contributed by atoms with E-state index in [2.05, 4.69) is 15.6 Å². The molecule has 1 amide bonds. The molecule has 2 rings (SSSR count). The second-order valence-corrected chi connectivity index (χ2v) is 3.59. The number of carbonyl (C=O) groups is 1. The van der Waals surface area contributed by atoms with Crippen LogP contribution in [0.3, 0.4) is 0 Å². The monoisotopic (exact) mass is 207 g/mol. The van der Waals surface area contributed by atoms with Gasteiger partial charge in [0.15, 0.2) is 0 Å². The smallest absolute Gasteiger partial charge is 0.221 e. The SMILES string of the molecule is O=C1CC(NCc2ccc(O)cn2)CN1. The van der Waals surface area contributed by atoms with Crippen LogP contribution in [0.25, 0.3) is 0 Å². The minimum absolute atomic E-state index is 0.0890. The van der Waals surface area contributed by atoms with Crippen LogP contribution < -0.4 is 10.6 Å². The maximum Gasteiger partial charge on any atom is 0.221 e. The molecule has 1 atom stereocenters. The lowest BCUT2D eigenvalue weighted by Crippen LogP contribution is -2.30. The van der Waals surface area contributed by atoms with Crippen LogP contribution in [0.4, 0.5) is 0 Å². The molecular weight excluding hydrogens is 194 g/mol.